The normalized spacial score (nSPS) is 11.2. The molecule has 2 aromatic heterocycles. The summed E-state index contributed by atoms with van der Waals surface area (Å²) in [6.07, 6.45) is 11.6. The maximum atomic E-state index is 4.89. The zero-order chi connectivity index (χ0) is 18.3. The number of aryl methyl sites for hydroxylation is 2. The standard InChI is InChI=1S/C16H22N6.2ClH.Mo/c1-13-19-11-15(21-13)9-17-7-5-3-4-6-8-18-10-16-12-20-14(2)22-16;;;/h9-12H,3-8H2,1-2H3;2*1H;/q-2;;;+2/p-2. The van der Waals surface area contributed by atoms with Gasteiger partial charge in [-0.3, -0.25) is 9.98 Å². The number of hydrogen-bond acceptors (Lipinski definition) is 4. The molecule has 0 aliphatic heterocycles. The topological polar surface area (TPSA) is 78.7 Å². The molecule has 6 nitrogen and oxygen atoms in total. The van der Waals surface area contributed by atoms with Crippen molar-refractivity contribution in [2.75, 3.05) is 13.1 Å². The number of unbranched alkanes of at least 4 members (excludes halogenated alkanes) is 3. The summed E-state index contributed by atoms with van der Waals surface area (Å²) in [7, 11) is 9.79. The Morgan fingerprint density at radius 3 is 1.60 bits per heavy atom. The molecule has 2 aromatic rings. The monoisotopic (exact) mass is 466 g/mol. The van der Waals surface area contributed by atoms with Gasteiger partial charge in [0.05, 0.1) is 0 Å². The number of nitrogens with zero attached hydrogens (tertiary/aromatic N) is 6. The van der Waals surface area contributed by atoms with Crippen molar-refractivity contribution in [1.82, 2.24) is 19.9 Å². The number of aromatic nitrogens is 4. The molecular formula is C16H22Cl2MoN6-2. The second-order valence-electron chi connectivity index (χ2n) is 5.23. The second-order valence-corrected chi connectivity index (χ2v) is 8.27. The molecule has 0 saturated carbocycles. The average molecular weight is 465 g/mol. The number of halogens is 2. The van der Waals surface area contributed by atoms with Crippen LogP contribution in [0, 0.1) is 13.8 Å². The van der Waals surface area contributed by atoms with Crippen molar-refractivity contribution in [2.24, 2.45) is 9.98 Å². The summed E-state index contributed by atoms with van der Waals surface area (Å²) in [5, 5.41) is 0. The Kier molecular flexibility index (Phi) is 12.6. The van der Waals surface area contributed by atoms with Gasteiger partial charge in [-0.05, 0) is 38.1 Å². The SMILES string of the molecule is Cc1ncc(C=NCCCCCCN=Cc2cnc(C)[n-]2)[n-]1.[Cl][Mo][Cl]. The fourth-order valence-electron chi connectivity index (χ4n) is 2.01. The number of imidazole rings is 2. The Balaban J connectivity index is 0.000000970. The van der Waals surface area contributed by atoms with Crippen molar-refractivity contribution in [3.8, 4) is 0 Å². The third-order valence-electron chi connectivity index (χ3n) is 3.12. The van der Waals surface area contributed by atoms with E-state index in [1.54, 1.807) is 24.8 Å². The molecule has 2 rings (SSSR count). The van der Waals surface area contributed by atoms with Crippen LogP contribution in [0.3, 0.4) is 0 Å². The summed E-state index contributed by atoms with van der Waals surface area (Å²) in [6.45, 7) is 5.45. The van der Waals surface area contributed by atoms with Crippen LogP contribution in [0.25, 0.3) is 0 Å². The first kappa shape index (κ1) is 22.1. The zero-order valence-electron chi connectivity index (χ0n) is 14.4. The predicted octanol–water partition coefficient (Wildman–Crippen LogP) is 3.48. The molecular weight excluding hydrogens is 443 g/mol. The van der Waals surface area contributed by atoms with E-state index in [2.05, 4.69) is 29.9 Å². The van der Waals surface area contributed by atoms with Crippen molar-refractivity contribution in [2.45, 2.75) is 39.5 Å². The van der Waals surface area contributed by atoms with E-state index < -0.39 is 16.5 Å². The van der Waals surface area contributed by atoms with E-state index >= 15 is 0 Å². The van der Waals surface area contributed by atoms with E-state index in [9.17, 15) is 0 Å². The van der Waals surface area contributed by atoms with Gasteiger partial charge in [0.1, 0.15) is 0 Å². The van der Waals surface area contributed by atoms with Crippen molar-refractivity contribution in [3.05, 3.63) is 35.4 Å². The Labute approximate surface area is 165 Å². The van der Waals surface area contributed by atoms with Gasteiger partial charge < -0.3 is 19.9 Å². The molecule has 0 amide bonds. The first-order valence-electron chi connectivity index (χ1n) is 7.97. The molecule has 0 atom stereocenters. The molecule has 9 heteroatoms. The summed E-state index contributed by atoms with van der Waals surface area (Å²) in [5.41, 5.74) is 1.69. The zero-order valence-corrected chi connectivity index (χ0v) is 17.9. The van der Waals surface area contributed by atoms with Crippen LogP contribution in [0.5, 0.6) is 0 Å². The molecule has 0 radical (unpaired) electrons. The van der Waals surface area contributed by atoms with E-state index in [1.165, 1.54) is 12.8 Å². The molecule has 138 valence electrons. The van der Waals surface area contributed by atoms with Crippen LogP contribution >= 0.6 is 18.8 Å². The number of hydrogen-bond donors (Lipinski definition) is 0. The summed E-state index contributed by atoms with van der Waals surface area (Å²) < 4.78 is 0. The van der Waals surface area contributed by atoms with Gasteiger partial charge in [0.2, 0.25) is 0 Å². The van der Waals surface area contributed by atoms with Gasteiger partial charge >= 0.3 is 35.3 Å². The fourth-order valence-corrected chi connectivity index (χ4v) is 2.01. The van der Waals surface area contributed by atoms with Crippen LogP contribution in [0.1, 0.15) is 48.7 Å². The van der Waals surface area contributed by atoms with Crippen LogP contribution in [0.2, 0.25) is 0 Å². The molecule has 0 spiro atoms. The third kappa shape index (κ3) is 11.3. The van der Waals surface area contributed by atoms with Gasteiger partial charge in [0, 0.05) is 25.5 Å². The van der Waals surface area contributed by atoms with E-state index in [0.717, 1.165) is 49.0 Å². The van der Waals surface area contributed by atoms with Crippen LogP contribution in [0.15, 0.2) is 22.4 Å². The van der Waals surface area contributed by atoms with E-state index in [1.807, 2.05) is 13.8 Å². The van der Waals surface area contributed by atoms with Gasteiger partial charge in [-0.1, -0.05) is 36.9 Å². The predicted molar refractivity (Wildman–Crippen MR) is 99.7 cm³/mol. The summed E-state index contributed by atoms with van der Waals surface area (Å²) in [5.74, 6) is 1.59. The molecule has 0 aliphatic rings. The molecule has 0 fully saturated rings. The molecule has 2 heterocycles. The Bertz CT molecular complexity index is 584. The summed E-state index contributed by atoms with van der Waals surface area (Å²) in [4.78, 5) is 25.3. The minimum atomic E-state index is -0.586. The third-order valence-corrected chi connectivity index (χ3v) is 3.12. The first-order valence-corrected chi connectivity index (χ1v) is 13.1. The molecule has 25 heavy (non-hydrogen) atoms. The van der Waals surface area contributed by atoms with Crippen molar-refractivity contribution in [1.29, 1.82) is 0 Å². The summed E-state index contributed by atoms with van der Waals surface area (Å²) >= 11 is -0.586. The Morgan fingerprint density at radius 1 is 0.880 bits per heavy atom. The molecule has 0 saturated heterocycles. The molecule has 0 bridgehead atoms. The van der Waals surface area contributed by atoms with Crippen LogP contribution in [-0.2, 0) is 16.5 Å². The molecule has 0 aromatic carbocycles. The Morgan fingerprint density at radius 2 is 1.28 bits per heavy atom. The van der Waals surface area contributed by atoms with Crippen LogP contribution < -0.4 is 9.97 Å². The minimum absolute atomic E-state index is 0.586. The van der Waals surface area contributed by atoms with Gasteiger partial charge in [0.15, 0.2) is 0 Å². The van der Waals surface area contributed by atoms with E-state index in [-0.39, 0.29) is 0 Å². The quantitative estimate of drug-likeness (QED) is 0.323. The van der Waals surface area contributed by atoms with Crippen molar-refractivity contribution >= 4 is 31.3 Å². The fraction of sp³-hybridized carbons (Fsp3) is 0.500. The first-order chi connectivity index (χ1) is 12.2. The van der Waals surface area contributed by atoms with Crippen molar-refractivity contribution < 1.29 is 16.5 Å². The number of aliphatic imine (C=N–C) groups is 2. The van der Waals surface area contributed by atoms with Crippen LogP contribution in [0.4, 0.5) is 0 Å². The van der Waals surface area contributed by atoms with E-state index in [4.69, 9.17) is 18.8 Å². The van der Waals surface area contributed by atoms with Gasteiger partial charge in [-0.15, -0.1) is 0 Å². The van der Waals surface area contributed by atoms with Crippen LogP contribution in [-0.4, -0.2) is 35.5 Å². The maximum absolute atomic E-state index is 4.89. The molecule has 0 aliphatic carbocycles. The Hall–Kier alpha value is -0.972. The molecule has 0 N–H and O–H groups in total. The van der Waals surface area contributed by atoms with Gasteiger partial charge in [-0.25, -0.2) is 0 Å². The summed E-state index contributed by atoms with van der Waals surface area (Å²) in [6, 6.07) is 0. The average Bonchev–Trinajstić information content (AvgIpc) is 3.18. The van der Waals surface area contributed by atoms with E-state index in [0.29, 0.717) is 0 Å². The molecule has 0 unspecified atom stereocenters. The number of rotatable bonds is 9. The van der Waals surface area contributed by atoms with Gasteiger partial charge in [-0.2, -0.15) is 0 Å². The van der Waals surface area contributed by atoms with Gasteiger partial charge in [0.25, 0.3) is 0 Å². The second kappa shape index (κ2) is 14.2. The van der Waals surface area contributed by atoms with Crippen molar-refractivity contribution in [3.63, 3.8) is 0 Å².